The van der Waals surface area contributed by atoms with Crippen molar-refractivity contribution in [3.05, 3.63) is 149 Å². The first-order chi connectivity index (χ1) is 28.5. The summed E-state index contributed by atoms with van der Waals surface area (Å²) in [5.74, 6) is -2.34. The van der Waals surface area contributed by atoms with Crippen LogP contribution in [0, 0.1) is 0 Å². The molecule has 8 nitrogen and oxygen atoms in total. The summed E-state index contributed by atoms with van der Waals surface area (Å²) in [5.41, 5.74) is -5.87. The first-order valence-electron chi connectivity index (χ1n) is 16.9. The van der Waals surface area contributed by atoms with E-state index in [0.29, 0.717) is 60.7 Å². The molecule has 0 bridgehead atoms. The number of halogens is 16. The Balaban J connectivity index is 1.55. The van der Waals surface area contributed by atoms with E-state index in [1.54, 1.807) is 0 Å². The third-order valence-electron chi connectivity index (χ3n) is 8.19. The van der Waals surface area contributed by atoms with Crippen LogP contribution in [0.1, 0.15) is 27.8 Å². The zero-order chi connectivity index (χ0) is 45.6. The molecular formula is C35H26ClF15N3O5P3. The van der Waals surface area contributed by atoms with Crippen LogP contribution in [0.4, 0.5) is 65.9 Å². The Morgan fingerprint density at radius 1 is 0.290 bits per heavy atom. The van der Waals surface area contributed by atoms with Crippen molar-refractivity contribution in [2.24, 2.45) is 0 Å². The first kappa shape index (κ1) is 47.0. The SMILES string of the molecule is FC(F)(F)c1ccc(O[PH]2(Cl)N[PH](Oc3ccc(C(F)(F)F)cc3)(Oc3ccc(C(F)(F)F)cc3)N[PH](Oc3ccc(C(F)(F)F)cc3)(Oc3ccc(C(F)(F)F)cc3)N2)cc1. The molecule has 6 rings (SSSR count). The number of hydrogen-bond donors (Lipinski definition) is 3. The Labute approximate surface area is 345 Å². The molecule has 27 heteroatoms. The van der Waals surface area contributed by atoms with Gasteiger partial charge in [0.2, 0.25) is 0 Å². The van der Waals surface area contributed by atoms with Gasteiger partial charge in [-0.15, -0.1) is 0 Å². The maximum absolute atomic E-state index is 13.5. The number of nitrogens with one attached hydrogen (secondary N) is 3. The zero-order valence-electron chi connectivity index (χ0n) is 30.1. The molecule has 1 heterocycles. The second-order valence-corrected chi connectivity index (χ2v) is 22.1. The second-order valence-electron chi connectivity index (χ2n) is 12.8. The Morgan fingerprint density at radius 3 is 0.645 bits per heavy atom. The summed E-state index contributed by atoms with van der Waals surface area (Å²) in [6.07, 6.45) is -24.3. The Bertz CT molecular complexity index is 2070. The quantitative estimate of drug-likeness (QED) is 0.0943. The summed E-state index contributed by atoms with van der Waals surface area (Å²) < 4.78 is 233. The molecule has 0 aliphatic carbocycles. The van der Waals surface area contributed by atoms with Crippen LogP contribution in [0.25, 0.3) is 0 Å². The van der Waals surface area contributed by atoms with Gasteiger partial charge in [-0.2, -0.15) is 0 Å². The summed E-state index contributed by atoms with van der Waals surface area (Å²) in [5, 5.41) is 0. The van der Waals surface area contributed by atoms with Crippen LogP contribution in [-0.4, -0.2) is 0 Å². The van der Waals surface area contributed by atoms with E-state index in [1.165, 1.54) is 0 Å². The fourth-order valence-corrected chi connectivity index (χ4v) is 19.9. The van der Waals surface area contributed by atoms with E-state index in [-0.39, 0.29) is 0 Å². The molecule has 0 radical (unpaired) electrons. The van der Waals surface area contributed by atoms with Gasteiger partial charge in [0.1, 0.15) is 0 Å². The summed E-state index contributed by atoms with van der Waals surface area (Å²) in [7, 11) is -15.3. The molecule has 0 amide bonds. The summed E-state index contributed by atoms with van der Waals surface area (Å²) in [6.45, 7) is 0. The molecular weight excluding hydrogens is 956 g/mol. The Kier molecular flexibility index (Phi) is 12.8. The van der Waals surface area contributed by atoms with Crippen molar-refractivity contribution in [2.45, 2.75) is 30.9 Å². The molecule has 62 heavy (non-hydrogen) atoms. The summed E-state index contributed by atoms with van der Waals surface area (Å²) >= 11 is 7.10. The van der Waals surface area contributed by atoms with Crippen molar-refractivity contribution < 1.29 is 88.5 Å². The molecule has 0 aromatic heterocycles. The number of alkyl halides is 15. The van der Waals surface area contributed by atoms with Gasteiger partial charge in [-0.25, -0.2) is 0 Å². The fourth-order valence-electron chi connectivity index (χ4n) is 5.42. The minimum atomic E-state index is -5.19. The molecule has 0 unspecified atom stereocenters. The van der Waals surface area contributed by atoms with Crippen LogP contribution < -0.4 is 37.2 Å². The number of hydrogen-bond acceptors (Lipinski definition) is 8. The predicted molar refractivity (Wildman–Crippen MR) is 201 cm³/mol. The van der Waals surface area contributed by atoms with E-state index in [2.05, 4.69) is 14.6 Å². The van der Waals surface area contributed by atoms with Crippen LogP contribution in [0.5, 0.6) is 28.7 Å². The standard InChI is InChI=1S/C35H26ClF15N3O5P3/c36-60(55-26-11-1-21(2-12-26)31(37,38)39)52-61(56-27-13-3-22(4-14-27)32(40,41)42,57-28-15-5-23(6-16-28)33(43,44)45)54-62(53-60,58-29-17-7-24(8-18-29)34(46,47)48)59-30-19-9-25(10-20-30)35(49,50)51/h1-20,52-54,60-62H. The van der Waals surface area contributed by atoms with Crippen molar-refractivity contribution in [2.75, 3.05) is 0 Å². The van der Waals surface area contributed by atoms with Gasteiger partial charge < -0.3 is 0 Å². The molecule has 1 aliphatic rings. The molecule has 1 saturated heterocycles. The van der Waals surface area contributed by atoms with Gasteiger partial charge in [-0.1, -0.05) is 0 Å². The van der Waals surface area contributed by atoms with Crippen LogP contribution >= 0.6 is 34.4 Å². The van der Waals surface area contributed by atoms with Crippen LogP contribution in [0.2, 0.25) is 0 Å². The van der Waals surface area contributed by atoms with Gasteiger partial charge in [-0.3, -0.25) is 0 Å². The third kappa shape index (κ3) is 11.7. The molecule has 0 atom stereocenters. The average molecular weight is 982 g/mol. The average Bonchev–Trinajstić information content (AvgIpc) is 3.13. The van der Waals surface area contributed by atoms with Gasteiger partial charge in [0.05, 0.1) is 0 Å². The van der Waals surface area contributed by atoms with E-state index in [9.17, 15) is 65.9 Å². The molecule has 0 saturated carbocycles. The Morgan fingerprint density at radius 2 is 0.468 bits per heavy atom. The van der Waals surface area contributed by atoms with Gasteiger partial charge in [0, 0.05) is 0 Å². The second kappa shape index (κ2) is 16.9. The van der Waals surface area contributed by atoms with E-state index in [4.69, 9.17) is 33.9 Å². The molecule has 0 spiro atoms. The fraction of sp³-hybridized carbons (Fsp3) is 0.143. The van der Waals surface area contributed by atoms with Crippen molar-refractivity contribution >= 4 is 34.4 Å². The molecule has 5 aromatic rings. The van der Waals surface area contributed by atoms with Crippen molar-refractivity contribution in [3.8, 4) is 28.7 Å². The molecule has 1 fully saturated rings. The summed E-state index contributed by atoms with van der Waals surface area (Å²) in [4.78, 5) is 8.07. The van der Waals surface area contributed by atoms with Crippen LogP contribution in [-0.2, 0) is 30.9 Å². The van der Waals surface area contributed by atoms with Crippen molar-refractivity contribution in [1.29, 1.82) is 0 Å². The first-order valence-corrected chi connectivity index (χ1v) is 23.5. The predicted octanol–water partition coefficient (Wildman–Crippen LogP) is 13.7. The minimum absolute atomic E-state index is 0.430. The molecule has 338 valence electrons. The Hall–Kier alpha value is -4.49. The van der Waals surface area contributed by atoms with E-state index in [1.807, 2.05) is 0 Å². The van der Waals surface area contributed by atoms with E-state index in [0.717, 1.165) is 60.7 Å². The zero-order valence-corrected chi connectivity index (χ0v) is 33.9. The van der Waals surface area contributed by atoms with Gasteiger partial charge >= 0.3 is 346 Å². The van der Waals surface area contributed by atoms with Crippen molar-refractivity contribution in [3.63, 3.8) is 0 Å². The maximum atomic E-state index is 13.5. The van der Waals surface area contributed by atoms with Gasteiger partial charge in [0.15, 0.2) is 0 Å². The summed E-state index contributed by atoms with van der Waals surface area (Å²) in [6, 6.07) is 13.5. The topological polar surface area (TPSA) is 82.2 Å². The number of benzene rings is 5. The molecule has 1 aliphatic heterocycles. The number of rotatable bonds is 10. The van der Waals surface area contributed by atoms with E-state index < -0.39 is 111 Å². The van der Waals surface area contributed by atoms with E-state index >= 15 is 0 Å². The molecule has 3 N–H and O–H groups in total. The van der Waals surface area contributed by atoms with Crippen LogP contribution in [0.3, 0.4) is 0 Å². The third-order valence-corrected chi connectivity index (χ3v) is 20.6. The monoisotopic (exact) mass is 981 g/mol. The normalized spacial score (nSPS) is 18.1. The molecule has 5 aromatic carbocycles. The van der Waals surface area contributed by atoms with Gasteiger partial charge in [-0.05, 0) is 0 Å². The van der Waals surface area contributed by atoms with Crippen LogP contribution in [0.15, 0.2) is 121 Å². The van der Waals surface area contributed by atoms with Crippen molar-refractivity contribution in [1.82, 2.24) is 14.6 Å². The van der Waals surface area contributed by atoms with Gasteiger partial charge in [0.25, 0.3) is 0 Å².